The molecule has 0 saturated heterocycles. The maximum Gasteiger partial charge on any atom is 0.356 e. The van der Waals surface area contributed by atoms with Crippen LogP contribution in [0.3, 0.4) is 0 Å². The van der Waals surface area contributed by atoms with Crippen LogP contribution in [0.4, 0.5) is 0 Å². The van der Waals surface area contributed by atoms with Gasteiger partial charge in [0.05, 0.1) is 11.4 Å². The average molecular weight is 310 g/mol. The van der Waals surface area contributed by atoms with Crippen LogP contribution in [0, 0.1) is 13.8 Å². The second-order valence-corrected chi connectivity index (χ2v) is 5.43. The van der Waals surface area contributed by atoms with E-state index in [9.17, 15) is 4.79 Å². The molecule has 0 saturated carbocycles. The van der Waals surface area contributed by atoms with E-state index >= 15 is 0 Å². The second kappa shape index (κ2) is 6.08. The Balaban J connectivity index is 1.71. The monoisotopic (exact) mass is 310 g/mol. The van der Waals surface area contributed by atoms with Crippen molar-refractivity contribution in [3.8, 4) is 5.69 Å². The quantitative estimate of drug-likeness (QED) is 0.695. The zero-order valence-corrected chi connectivity index (χ0v) is 13.4. The van der Waals surface area contributed by atoms with Crippen LogP contribution in [0.1, 0.15) is 27.3 Å². The van der Waals surface area contributed by atoms with Gasteiger partial charge in [0.25, 0.3) is 0 Å². The van der Waals surface area contributed by atoms with E-state index in [0.717, 1.165) is 22.5 Å². The van der Waals surface area contributed by atoms with E-state index in [2.05, 4.69) is 10.2 Å². The highest BCUT2D eigenvalue weighted by Crippen LogP contribution is 2.16. The predicted molar refractivity (Wildman–Crippen MR) is 85.4 cm³/mol. The molecule has 2 aromatic heterocycles. The molecular weight excluding hydrogens is 292 g/mol. The fourth-order valence-corrected chi connectivity index (χ4v) is 2.42. The number of rotatable bonds is 4. The summed E-state index contributed by atoms with van der Waals surface area (Å²) in [5.41, 5.74) is 4.23. The molecule has 0 radical (unpaired) electrons. The van der Waals surface area contributed by atoms with Crippen molar-refractivity contribution in [2.45, 2.75) is 20.5 Å². The number of hydrogen-bond acceptors (Lipinski definition) is 4. The van der Waals surface area contributed by atoms with Gasteiger partial charge in [-0.2, -0.15) is 10.2 Å². The number of carbonyl (C=O) groups excluding carboxylic acids is 1. The van der Waals surface area contributed by atoms with Crippen molar-refractivity contribution in [2.24, 2.45) is 7.05 Å². The molecule has 0 fully saturated rings. The molecule has 0 spiro atoms. The third-order valence-electron chi connectivity index (χ3n) is 3.67. The first kappa shape index (κ1) is 15.0. The van der Waals surface area contributed by atoms with Gasteiger partial charge in [-0.15, -0.1) is 0 Å². The summed E-state index contributed by atoms with van der Waals surface area (Å²) in [6.45, 7) is 4.06. The van der Waals surface area contributed by atoms with Gasteiger partial charge in [0.15, 0.2) is 0 Å². The van der Waals surface area contributed by atoms with Crippen LogP contribution in [-0.2, 0) is 18.4 Å². The lowest BCUT2D eigenvalue weighted by atomic mass is 10.1. The summed E-state index contributed by atoms with van der Waals surface area (Å²) in [6, 6.07) is 9.52. The van der Waals surface area contributed by atoms with Crippen molar-refractivity contribution in [3.05, 3.63) is 65.2 Å². The molecule has 23 heavy (non-hydrogen) atoms. The van der Waals surface area contributed by atoms with Crippen LogP contribution in [0.15, 0.2) is 42.7 Å². The maximum atomic E-state index is 12.1. The summed E-state index contributed by atoms with van der Waals surface area (Å²) in [5, 5.41) is 8.36. The van der Waals surface area contributed by atoms with Gasteiger partial charge in [-0.1, -0.05) is 6.07 Å². The van der Waals surface area contributed by atoms with Crippen molar-refractivity contribution in [2.75, 3.05) is 0 Å². The van der Waals surface area contributed by atoms with Gasteiger partial charge in [0, 0.05) is 19.4 Å². The van der Waals surface area contributed by atoms with Gasteiger partial charge in [0.2, 0.25) is 0 Å². The lowest BCUT2D eigenvalue weighted by Crippen LogP contribution is -2.11. The van der Waals surface area contributed by atoms with E-state index in [1.54, 1.807) is 24.0 Å². The predicted octanol–water partition coefficient (Wildman–Crippen LogP) is 2.58. The molecular formula is C17H18N4O2. The lowest BCUT2D eigenvalue weighted by Gasteiger charge is -2.10. The van der Waals surface area contributed by atoms with E-state index in [4.69, 9.17) is 4.74 Å². The van der Waals surface area contributed by atoms with Crippen molar-refractivity contribution < 1.29 is 9.53 Å². The number of benzene rings is 1. The molecule has 0 aliphatic carbocycles. The van der Waals surface area contributed by atoms with Gasteiger partial charge in [-0.25, -0.2) is 9.48 Å². The summed E-state index contributed by atoms with van der Waals surface area (Å²) < 4.78 is 8.72. The minimum Gasteiger partial charge on any atom is -0.456 e. The van der Waals surface area contributed by atoms with E-state index in [-0.39, 0.29) is 12.6 Å². The minimum absolute atomic E-state index is 0.230. The van der Waals surface area contributed by atoms with E-state index in [1.807, 2.05) is 44.3 Å². The Morgan fingerprint density at radius 2 is 2.09 bits per heavy atom. The summed E-state index contributed by atoms with van der Waals surface area (Å²) in [7, 11) is 1.73. The first-order chi connectivity index (χ1) is 11.0. The number of carbonyl (C=O) groups is 1. The van der Waals surface area contributed by atoms with Gasteiger partial charge in [0.1, 0.15) is 12.3 Å². The summed E-state index contributed by atoms with van der Waals surface area (Å²) in [5.74, 6) is -0.372. The maximum absolute atomic E-state index is 12.1. The van der Waals surface area contributed by atoms with Crippen molar-refractivity contribution >= 4 is 5.97 Å². The number of hydrogen-bond donors (Lipinski definition) is 0. The minimum atomic E-state index is -0.372. The Morgan fingerprint density at radius 3 is 2.70 bits per heavy atom. The summed E-state index contributed by atoms with van der Waals surface area (Å²) >= 11 is 0. The van der Waals surface area contributed by atoms with Crippen molar-refractivity contribution in [1.82, 2.24) is 19.6 Å². The molecule has 0 N–H and O–H groups in total. The Morgan fingerprint density at radius 1 is 1.26 bits per heavy atom. The van der Waals surface area contributed by atoms with Crippen LogP contribution < -0.4 is 0 Å². The molecule has 0 unspecified atom stereocenters. The Hall–Kier alpha value is -2.89. The molecule has 1 aromatic carbocycles. The van der Waals surface area contributed by atoms with Crippen LogP contribution in [0.2, 0.25) is 0 Å². The van der Waals surface area contributed by atoms with Crippen LogP contribution in [0.25, 0.3) is 5.69 Å². The molecule has 2 heterocycles. The largest absolute Gasteiger partial charge is 0.456 e. The molecule has 0 amide bonds. The topological polar surface area (TPSA) is 61.9 Å². The fourth-order valence-electron chi connectivity index (χ4n) is 2.42. The second-order valence-electron chi connectivity index (χ2n) is 5.43. The number of aryl methyl sites for hydroxylation is 3. The van der Waals surface area contributed by atoms with Gasteiger partial charge >= 0.3 is 5.97 Å². The lowest BCUT2D eigenvalue weighted by molar-refractivity contribution is 0.0459. The van der Waals surface area contributed by atoms with Gasteiger partial charge in [-0.05, 0) is 49.2 Å². The first-order valence-corrected chi connectivity index (χ1v) is 7.32. The highest BCUT2D eigenvalue weighted by molar-refractivity contribution is 5.87. The molecule has 0 atom stereocenters. The van der Waals surface area contributed by atoms with Gasteiger partial charge < -0.3 is 4.74 Å². The molecule has 0 bridgehead atoms. The zero-order chi connectivity index (χ0) is 16.4. The highest BCUT2D eigenvalue weighted by atomic mass is 16.5. The molecule has 3 rings (SSSR count). The normalized spacial score (nSPS) is 10.7. The van der Waals surface area contributed by atoms with Crippen LogP contribution >= 0.6 is 0 Å². The molecule has 0 aliphatic rings. The molecule has 0 aliphatic heterocycles. The third kappa shape index (κ3) is 3.15. The SMILES string of the molecule is Cc1cc(C(=O)OCc2ccc(-n3cccn3)cc2C)n(C)n1. The van der Waals surface area contributed by atoms with Crippen LogP contribution in [-0.4, -0.2) is 25.5 Å². The Bertz CT molecular complexity index is 834. The van der Waals surface area contributed by atoms with E-state index < -0.39 is 0 Å². The number of aromatic nitrogens is 4. The Kier molecular flexibility index (Phi) is 3.97. The van der Waals surface area contributed by atoms with E-state index in [1.165, 1.54) is 4.68 Å². The number of nitrogens with zero attached hydrogens (tertiary/aromatic N) is 4. The number of esters is 1. The molecule has 6 heteroatoms. The molecule has 118 valence electrons. The van der Waals surface area contributed by atoms with Crippen LogP contribution in [0.5, 0.6) is 0 Å². The van der Waals surface area contributed by atoms with E-state index in [0.29, 0.717) is 5.69 Å². The Labute approximate surface area is 134 Å². The van der Waals surface area contributed by atoms with Crippen molar-refractivity contribution in [3.63, 3.8) is 0 Å². The molecule has 6 nitrogen and oxygen atoms in total. The zero-order valence-electron chi connectivity index (χ0n) is 13.4. The molecule has 3 aromatic rings. The van der Waals surface area contributed by atoms with Gasteiger partial charge in [-0.3, -0.25) is 4.68 Å². The standard InChI is InChI=1S/C17H18N4O2/c1-12-9-15(21-8-4-7-18-21)6-5-14(12)11-23-17(22)16-10-13(2)19-20(16)3/h4-10H,11H2,1-3H3. The third-order valence-corrected chi connectivity index (χ3v) is 3.67. The fraction of sp³-hybridized carbons (Fsp3) is 0.235. The first-order valence-electron chi connectivity index (χ1n) is 7.32. The van der Waals surface area contributed by atoms with Crippen molar-refractivity contribution in [1.29, 1.82) is 0 Å². The summed E-state index contributed by atoms with van der Waals surface area (Å²) in [6.07, 6.45) is 3.63. The highest BCUT2D eigenvalue weighted by Gasteiger charge is 2.14. The average Bonchev–Trinajstić information content (AvgIpc) is 3.15. The number of ether oxygens (including phenoxy) is 1. The smallest absolute Gasteiger partial charge is 0.356 e. The summed E-state index contributed by atoms with van der Waals surface area (Å²) in [4.78, 5) is 12.1.